The quantitative estimate of drug-likeness (QED) is 0.839. The van der Waals surface area contributed by atoms with Gasteiger partial charge in [0.05, 0.1) is 6.04 Å². The van der Waals surface area contributed by atoms with Gasteiger partial charge in [0.25, 0.3) is 0 Å². The fraction of sp³-hybridized carbons (Fsp3) is 0.154. The van der Waals surface area contributed by atoms with Gasteiger partial charge in [-0.05, 0) is 30.8 Å². The van der Waals surface area contributed by atoms with Crippen molar-refractivity contribution in [2.75, 3.05) is 12.8 Å². The average Bonchev–Trinajstić information content (AvgIpc) is 2.39. The highest BCUT2D eigenvalue weighted by Crippen LogP contribution is 2.27. The first-order chi connectivity index (χ1) is 9.04. The molecule has 2 rings (SSSR count). The lowest BCUT2D eigenvalue weighted by atomic mass is 9.99. The van der Waals surface area contributed by atoms with Crippen molar-refractivity contribution in [1.29, 1.82) is 0 Å². The van der Waals surface area contributed by atoms with Crippen LogP contribution in [0.2, 0.25) is 0 Å². The number of halogens is 3. The van der Waals surface area contributed by atoms with Crippen LogP contribution in [0, 0.1) is 17.5 Å². The SMILES string of the molecule is CNC(c1cc(F)c(F)c(F)c1)c1cccnc1N. The van der Waals surface area contributed by atoms with Crippen molar-refractivity contribution in [3.63, 3.8) is 0 Å². The molecule has 1 aromatic heterocycles. The van der Waals surface area contributed by atoms with E-state index in [9.17, 15) is 13.2 Å². The standard InChI is InChI=1S/C13H12F3N3/c1-18-12(8-3-2-4-19-13(8)17)7-5-9(14)11(16)10(15)6-7/h2-6,12,18H,1H3,(H2,17,19). The summed E-state index contributed by atoms with van der Waals surface area (Å²) in [6, 6.07) is 4.64. The van der Waals surface area contributed by atoms with Crippen LogP contribution in [-0.4, -0.2) is 12.0 Å². The van der Waals surface area contributed by atoms with Gasteiger partial charge in [-0.1, -0.05) is 6.07 Å². The van der Waals surface area contributed by atoms with Gasteiger partial charge >= 0.3 is 0 Å². The Morgan fingerprint density at radius 3 is 2.37 bits per heavy atom. The predicted molar refractivity (Wildman–Crippen MR) is 65.9 cm³/mol. The fourth-order valence-electron chi connectivity index (χ4n) is 1.92. The Morgan fingerprint density at radius 1 is 1.21 bits per heavy atom. The van der Waals surface area contributed by atoms with Crippen molar-refractivity contribution < 1.29 is 13.2 Å². The molecule has 0 saturated heterocycles. The van der Waals surface area contributed by atoms with Gasteiger partial charge in [0.15, 0.2) is 17.5 Å². The molecule has 6 heteroatoms. The third-order valence-corrected chi connectivity index (χ3v) is 2.81. The molecule has 0 spiro atoms. The highest BCUT2D eigenvalue weighted by Gasteiger charge is 2.19. The van der Waals surface area contributed by atoms with Crippen LogP contribution in [-0.2, 0) is 0 Å². The van der Waals surface area contributed by atoms with Crippen LogP contribution in [0.15, 0.2) is 30.5 Å². The normalized spacial score (nSPS) is 12.4. The number of nitrogens with zero attached hydrogens (tertiary/aromatic N) is 1. The molecule has 2 aromatic rings. The number of hydrogen-bond acceptors (Lipinski definition) is 3. The topological polar surface area (TPSA) is 50.9 Å². The van der Waals surface area contributed by atoms with Crippen molar-refractivity contribution in [2.45, 2.75) is 6.04 Å². The summed E-state index contributed by atoms with van der Waals surface area (Å²) in [6.45, 7) is 0. The lowest BCUT2D eigenvalue weighted by molar-refractivity contribution is 0.443. The first-order valence-corrected chi connectivity index (χ1v) is 5.56. The summed E-state index contributed by atoms with van der Waals surface area (Å²) in [5, 5.41) is 2.87. The van der Waals surface area contributed by atoms with Crippen LogP contribution in [0.4, 0.5) is 19.0 Å². The zero-order valence-electron chi connectivity index (χ0n) is 10.1. The van der Waals surface area contributed by atoms with Crippen LogP contribution in [0.3, 0.4) is 0 Å². The molecule has 1 unspecified atom stereocenters. The summed E-state index contributed by atoms with van der Waals surface area (Å²) in [5.41, 5.74) is 6.53. The summed E-state index contributed by atoms with van der Waals surface area (Å²) in [4.78, 5) is 3.91. The maximum absolute atomic E-state index is 13.3. The maximum atomic E-state index is 13.3. The summed E-state index contributed by atoms with van der Waals surface area (Å²) in [6.07, 6.45) is 1.51. The Labute approximate surface area is 108 Å². The van der Waals surface area contributed by atoms with E-state index in [1.54, 1.807) is 19.2 Å². The number of aromatic nitrogens is 1. The van der Waals surface area contributed by atoms with Crippen molar-refractivity contribution in [2.24, 2.45) is 0 Å². The number of hydrogen-bond donors (Lipinski definition) is 2. The summed E-state index contributed by atoms with van der Waals surface area (Å²) >= 11 is 0. The summed E-state index contributed by atoms with van der Waals surface area (Å²) in [7, 11) is 1.61. The molecule has 3 nitrogen and oxygen atoms in total. The Balaban J connectivity index is 2.52. The first kappa shape index (κ1) is 13.4. The third-order valence-electron chi connectivity index (χ3n) is 2.81. The molecule has 0 fully saturated rings. The Hall–Kier alpha value is -2.08. The molecule has 0 radical (unpaired) electrons. The molecule has 1 heterocycles. The molecule has 1 atom stereocenters. The molecule has 0 bridgehead atoms. The van der Waals surface area contributed by atoms with Crippen molar-refractivity contribution >= 4 is 5.82 Å². The largest absolute Gasteiger partial charge is 0.383 e. The minimum absolute atomic E-state index is 0.235. The second kappa shape index (κ2) is 5.27. The molecule has 100 valence electrons. The second-order valence-electron chi connectivity index (χ2n) is 4.00. The molecule has 3 N–H and O–H groups in total. The van der Waals surface area contributed by atoms with E-state index in [4.69, 9.17) is 5.73 Å². The van der Waals surface area contributed by atoms with E-state index in [1.165, 1.54) is 6.20 Å². The molecular formula is C13H12F3N3. The molecule has 1 aromatic carbocycles. The molecule has 0 aliphatic carbocycles. The zero-order valence-corrected chi connectivity index (χ0v) is 10.1. The lowest BCUT2D eigenvalue weighted by Crippen LogP contribution is -2.20. The Kier molecular flexibility index (Phi) is 3.71. The monoisotopic (exact) mass is 267 g/mol. The first-order valence-electron chi connectivity index (χ1n) is 5.56. The Bertz CT molecular complexity index is 578. The van der Waals surface area contributed by atoms with Gasteiger partial charge in [-0.15, -0.1) is 0 Å². The number of anilines is 1. The van der Waals surface area contributed by atoms with Gasteiger partial charge in [0.2, 0.25) is 0 Å². The minimum atomic E-state index is -1.49. The van der Waals surface area contributed by atoms with Crippen molar-refractivity contribution in [3.05, 3.63) is 59.0 Å². The molecular weight excluding hydrogens is 255 g/mol. The highest BCUT2D eigenvalue weighted by atomic mass is 19.2. The molecule has 19 heavy (non-hydrogen) atoms. The number of rotatable bonds is 3. The van der Waals surface area contributed by atoms with Crippen molar-refractivity contribution in [1.82, 2.24) is 10.3 Å². The number of nitrogens with two attached hydrogens (primary N) is 1. The van der Waals surface area contributed by atoms with E-state index in [-0.39, 0.29) is 11.4 Å². The summed E-state index contributed by atoms with van der Waals surface area (Å²) in [5.74, 6) is -3.72. The fourth-order valence-corrected chi connectivity index (χ4v) is 1.92. The van der Waals surface area contributed by atoms with Crippen LogP contribution in [0.25, 0.3) is 0 Å². The molecule has 0 saturated carbocycles. The predicted octanol–water partition coefficient (Wildman–Crippen LogP) is 2.39. The smallest absolute Gasteiger partial charge is 0.194 e. The van der Waals surface area contributed by atoms with Crippen molar-refractivity contribution in [3.8, 4) is 0 Å². The van der Waals surface area contributed by atoms with Gasteiger partial charge in [-0.3, -0.25) is 0 Å². The van der Waals surface area contributed by atoms with Gasteiger partial charge in [-0.25, -0.2) is 18.2 Å². The van der Waals surface area contributed by atoms with Gasteiger partial charge < -0.3 is 11.1 Å². The van der Waals surface area contributed by atoms with Gasteiger partial charge in [0.1, 0.15) is 5.82 Å². The van der Waals surface area contributed by atoms with E-state index in [1.807, 2.05) is 0 Å². The van der Waals surface area contributed by atoms with Crippen LogP contribution in [0.5, 0.6) is 0 Å². The number of nitrogens with one attached hydrogen (secondary N) is 1. The highest BCUT2D eigenvalue weighted by molar-refractivity contribution is 5.45. The van der Waals surface area contributed by atoms with Crippen LogP contribution < -0.4 is 11.1 Å². The Morgan fingerprint density at radius 2 is 1.84 bits per heavy atom. The van der Waals surface area contributed by atoms with Crippen LogP contribution >= 0.6 is 0 Å². The van der Waals surface area contributed by atoms with E-state index in [2.05, 4.69) is 10.3 Å². The minimum Gasteiger partial charge on any atom is -0.383 e. The molecule has 0 aliphatic heterocycles. The maximum Gasteiger partial charge on any atom is 0.194 e. The number of nitrogen functional groups attached to an aromatic ring is 1. The average molecular weight is 267 g/mol. The lowest BCUT2D eigenvalue weighted by Gasteiger charge is -2.18. The molecule has 0 amide bonds. The van der Waals surface area contributed by atoms with E-state index >= 15 is 0 Å². The second-order valence-corrected chi connectivity index (χ2v) is 4.00. The molecule has 0 aliphatic rings. The van der Waals surface area contributed by atoms with E-state index in [0.29, 0.717) is 5.56 Å². The van der Waals surface area contributed by atoms with Gasteiger partial charge in [-0.2, -0.15) is 0 Å². The summed E-state index contributed by atoms with van der Waals surface area (Å²) < 4.78 is 39.5. The van der Waals surface area contributed by atoms with E-state index in [0.717, 1.165) is 12.1 Å². The third kappa shape index (κ3) is 2.53. The number of benzene rings is 1. The van der Waals surface area contributed by atoms with Gasteiger partial charge in [0, 0.05) is 11.8 Å². The zero-order chi connectivity index (χ0) is 14.0. The number of pyridine rings is 1. The van der Waals surface area contributed by atoms with Crippen LogP contribution in [0.1, 0.15) is 17.2 Å². The van der Waals surface area contributed by atoms with E-state index < -0.39 is 23.5 Å².